The maximum atomic E-state index is 13.0. The highest BCUT2D eigenvalue weighted by atomic mass is 19.1. The van der Waals surface area contributed by atoms with Gasteiger partial charge >= 0.3 is 11.9 Å². The fraction of sp³-hybridized carbons (Fsp3) is 0.333. The lowest BCUT2D eigenvalue weighted by molar-refractivity contribution is -0.149. The van der Waals surface area contributed by atoms with Crippen molar-refractivity contribution in [1.82, 2.24) is 0 Å². The van der Waals surface area contributed by atoms with Crippen molar-refractivity contribution >= 4 is 17.6 Å². The lowest BCUT2D eigenvalue weighted by atomic mass is 9.95. The van der Waals surface area contributed by atoms with E-state index in [2.05, 4.69) is 0 Å². The zero-order valence-corrected chi connectivity index (χ0v) is 10.1. The van der Waals surface area contributed by atoms with E-state index < -0.39 is 23.2 Å². The van der Waals surface area contributed by atoms with Gasteiger partial charge in [-0.2, -0.15) is 0 Å². The van der Waals surface area contributed by atoms with E-state index in [4.69, 9.17) is 15.6 Å². The minimum absolute atomic E-state index is 0.0783. The molecule has 6 heteroatoms. The van der Waals surface area contributed by atoms with Gasteiger partial charge < -0.3 is 15.6 Å². The number of nitrogen functional groups attached to an aromatic ring is 1. The first-order chi connectivity index (χ1) is 8.24. The second-order valence-electron chi connectivity index (χ2n) is 4.50. The van der Waals surface area contributed by atoms with Crippen LogP contribution < -0.4 is 5.73 Å². The van der Waals surface area contributed by atoms with Crippen molar-refractivity contribution in [1.29, 1.82) is 0 Å². The number of anilines is 1. The van der Waals surface area contributed by atoms with Crippen LogP contribution >= 0.6 is 0 Å². The van der Waals surface area contributed by atoms with E-state index in [-0.39, 0.29) is 17.9 Å². The molecule has 0 bridgehead atoms. The third kappa shape index (κ3) is 3.19. The Morgan fingerprint density at radius 2 is 2.06 bits per heavy atom. The third-order valence-electron chi connectivity index (χ3n) is 2.38. The molecule has 0 heterocycles. The molecular formula is C12H14FNO4. The van der Waals surface area contributed by atoms with Crippen molar-refractivity contribution in [3.05, 3.63) is 29.6 Å². The first kappa shape index (κ1) is 14.0. The summed E-state index contributed by atoms with van der Waals surface area (Å²) in [5.41, 5.74) is 4.26. The van der Waals surface area contributed by atoms with E-state index in [1.807, 2.05) is 0 Å². The van der Waals surface area contributed by atoms with Crippen LogP contribution in [0.2, 0.25) is 0 Å². The zero-order chi connectivity index (χ0) is 13.9. The van der Waals surface area contributed by atoms with Crippen molar-refractivity contribution in [2.75, 3.05) is 12.3 Å². The molecular weight excluding hydrogens is 241 g/mol. The molecule has 0 fully saturated rings. The summed E-state index contributed by atoms with van der Waals surface area (Å²) in [6.07, 6.45) is 0. The Morgan fingerprint density at radius 1 is 1.44 bits per heavy atom. The predicted octanol–water partition coefficient (Wildman–Crippen LogP) is 1.68. The highest BCUT2D eigenvalue weighted by Gasteiger charge is 2.29. The first-order valence-electron chi connectivity index (χ1n) is 5.19. The number of hydrogen-bond donors (Lipinski definition) is 2. The molecule has 1 aromatic rings. The van der Waals surface area contributed by atoms with Crippen LogP contribution in [0.1, 0.15) is 24.2 Å². The Bertz CT molecular complexity index is 485. The number of nitrogens with two attached hydrogens (primary N) is 1. The van der Waals surface area contributed by atoms with E-state index >= 15 is 0 Å². The molecule has 0 aliphatic heterocycles. The molecule has 3 N–H and O–H groups in total. The Hall–Kier alpha value is -2.11. The number of carboxylic acid groups (broad SMARTS) is 1. The van der Waals surface area contributed by atoms with E-state index in [0.717, 1.165) is 12.1 Å². The number of ether oxygens (including phenoxy) is 1. The summed E-state index contributed by atoms with van der Waals surface area (Å²) in [7, 11) is 0. The number of halogens is 1. The SMILES string of the molecule is CC(C)(COC(=O)c1cc(F)ccc1N)C(=O)O. The molecule has 0 unspecified atom stereocenters. The summed E-state index contributed by atoms with van der Waals surface area (Å²) in [5, 5.41) is 8.85. The predicted molar refractivity (Wildman–Crippen MR) is 62.5 cm³/mol. The van der Waals surface area contributed by atoms with Crippen LogP contribution in [0, 0.1) is 11.2 Å². The summed E-state index contributed by atoms with van der Waals surface area (Å²) in [5.74, 6) is -2.56. The van der Waals surface area contributed by atoms with Gasteiger partial charge in [0, 0.05) is 5.69 Å². The Kier molecular flexibility index (Phi) is 3.90. The third-order valence-corrected chi connectivity index (χ3v) is 2.38. The molecule has 18 heavy (non-hydrogen) atoms. The standard InChI is InChI=1S/C12H14FNO4/c1-12(2,11(16)17)6-18-10(15)8-5-7(13)3-4-9(8)14/h3-5H,6,14H2,1-2H3,(H,16,17). The van der Waals surface area contributed by atoms with Crippen LogP contribution in [-0.4, -0.2) is 23.7 Å². The summed E-state index contributed by atoms with van der Waals surface area (Å²) in [6.45, 7) is 2.51. The molecule has 0 atom stereocenters. The van der Waals surface area contributed by atoms with E-state index in [9.17, 15) is 14.0 Å². The van der Waals surface area contributed by atoms with E-state index in [1.165, 1.54) is 19.9 Å². The van der Waals surface area contributed by atoms with Crippen LogP contribution in [0.25, 0.3) is 0 Å². The van der Waals surface area contributed by atoms with Gasteiger partial charge in [0.15, 0.2) is 0 Å². The molecule has 0 spiro atoms. The molecule has 5 nitrogen and oxygen atoms in total. The average Bonchev–Trinajstić information content (AvgIpc) is 2.29. The topological polar surface area (TPSA) is 89.6 Å². The lowest BCUT2D eigenvalue weighted by Crippen LogP contribution is -2.30. The van der Waals surface area contributed by atoms with Gasteiger partial charge in [-0.05, 0) is 32.0 Å². The molecule has 0 saturated carbocycles. The normalized spacial score (nSPS) is 11.1. The van der Waals surface area contributed by atoms with Gasteiger partial charge in [-0.1, -0.05) is 0 Å². The first-order valence-corrected chi connectivity index (χ1v) is 5.19. The zero-order valence-electron chi connectivity index (χ0n) is 10.1. The molecule has 98 valence electrons. The van der Waals surface area contributed by atoms with Crippen LogP contribution in [0.4, 0.5) is 10.1 Å². The molecule has 0 saturated heterocycles. The van der Waals surface area contributed by atoms with Gasteiger partial charge in [0.25, 0.3) is 0 Å². The molecule has 1 rings (SSSR count). The van der Waals surface area contributed by atoms with Gasteiger partial charge in [0.1, 0.15) is 12.4 Å². The van der Waals surface area contributed by atoms with Gasteiger partial charge in [-0.3, -0.25) is 4.79 Å². The fourth-order valence-corrected chi connectivity index (χ4v) is 1.09. The highest BCUT2D eigenvalue weighted by Crippen LogP contribution is 2.19. The number of aliphatic carboxylic acids is 1. The molecule has 0 aliphatic rings. The van der Waals surface area contributed by atoms with Crippen molar-refractivity contribution in [3.63, 3.8) is 0 Å². The van der Waals surface area contributed by atoms with Gasteiger partial charge in [-0.25, -0.2) is 9.18 Å². The Balaban J connectivity index is 2.78. The molecule has 0 amide bonds. The van der Waals surface area contributed by atoms with Gasteiger partial charge in [-0.15, -0.1) is 0 Å². The number of carbonyl (C=O) groups is 2. The van der Waals surface area contributed by atoms with Crippen LogP contribution in [-0.2, 0) is 9.53 Å². The van der Waals surface area contributed by atoms with E-state index in [1.54, 1.807) is 0 Å². The maximum Gasteiger partial charge on any atom is 0.340 e. The number of carboxylic acids is 1. The Labute approximate surface area is 103 Å². The summed E-state index contributed by atoms with van der Waals surface area (Å²) in [4.78, 5) is 22.4. The van der Waals surface area contributed by atoms with Gasteiger partial charge in [0.2, 0.25) is 0 Å². The Morgan fingerprint density at radius 3 is 2.61 bits per heavy atom. The van der Waals surface area contributed by atoms with Crippen LogP contribution in [0.15, 0.2) is 18.2 Å². The largest absolute Gasteiger partial charge is 0.481 e. The number of esters is 1. The number of carbonyl (C=O) groups excluding carboxylic acids is 1. The minimum atomic E-state index is -1.21. The lowest BCUT2D eigenvalue weighted by Gasteiger charge is -2.18. The smallest absolute Gasteiger partial charge is 0.340 e. The summed E-state index contributed by atoms with van der Waals surface area (Å²) < 4.78 is 17.8. The monoisotopic (exact) mass is 255 g/mol. The average molecular weight is 255 g/mol. The van der Waals surface area contributed by atoms with Crippen molar-refractivity contribution in [2.45, 2.75) is 13.8 Å². The number of hydrogen-bond acceptors (Lipinski definition) is 4. The second-order valence-corrected chi connectivity index (χ2v) is 4.50. The van der Waals surface area contributed by atoms with Crippen molar-refractivity contribution < 1.29 is 23.8 Å². The van der Waals surface area contributed by atoms with Crippen molar-refractivity contribution in [3.8, 4) is 0 Å². The van der Waals surface area contributed by atoms with E-state index in [0.29, 0.717) is 0 Å². The number of rotatable bonds is 4. The molecule has 0 aromatic heterocycles. The highest BCUT2D eigenvalue weighted by molar-refractivity contribution is 5.95. The maximum absolute atomic E-state index is 13.0. The molecule has 0 aliphatic carbocycles. The minimum Gasteiger partial charge on any atom is -0.481 e. The van der Waals surface area contributed by atoms with Crippen molar-refractivity contribution in [2.24, 2.45) is 5.41 Å². The quantitative estimate of drug-likeness (QED) is 0.631. The summed E-state index contributed by atoms with van der Waals surface area (Å²) >= 11 is 0. The van der Waals surface area contributed by atoms with Crippen LogP contribution in [0.5, 0.6) is 0 Å². The second kappa shape index (κ2) is 5.03. The van der Waals surface area contributed by atoms with Gasteiger partial charge in [0.05, 0.1) is 11.0 Å². The molecule has 1 aromatic carbocycles. The number of benzene rings is 1. The summed E-state index contributed by atoms with van der Waals surface area (Å²) in [6, 6.07) is 3.31. The van der Waals surface area contributed by atoms with Crippen LogP contribution in [0.3, 0.4) is 0 Å². The fourth-order valence-electron chi connectivity index (χ4n) is 1.09. The molecule has 0 radical (unpaired) electrons.